The average Bonchev–Trinajstić information content (AvgIpc) is 2.69. The number of hydrogen-bond donors (Lipinski definition) is 1. The van der Waals surface area contributed by atoms with E-state index in [1.165, 1.54) is 36.8 Å². The zero-order valence-corrected chi connectivity index (χ0v) is 11.2. The predicted molar refractivity (Wildman–Crippen MR) is 72.3 cm³/mol. The SMILES string of the molecule is Cc1cc(Cl)ccc1[C@H](N)C1CCCC1.Cl. The number of aryl methyl sites for hydroxylation is 1. The third-order valence-corrected chi connectivity index (χ3v) is 3.73. The fraction of sp³-hybridized carbons (Fsp3) is 0.538. The third kappa shape index (κ3) is 2.91. The first-order chi connectivity index (χ1) is 7.18. The maximum absolute atomic E-state index is 6.31. The number of benzene rings is 1. The van der Waals surface area contributed by atoms with Crippen LogP contribution in [0.1, 0.15) is 42.9 Å². The van der Waals surface area contributed by atoms with E-state index >= 15 is 0 Å². The van der Waals surface area contributed by atoms with Gasteiger partial charge in [-0.1, -0.05) is 30.5 Å². The summed E-state index contributed by atoms with van der Waals surface area (Å²) < 4.78 is 0. The lowest BCUT2D eigenvalue weighted by molar-refractivity contribution is 0.443. The largest absolute Gasteiger partial charge is 0.324 e. The van der Waals surface area contributed by atoms with E-state index in [1.807, 2.05) is 12.1 Å². The molecule has 0 unspecified atom stereocenters. The smallest absolute Gasteiger partial charge is 0.0408 e. The van der Waals surface area contributed by atoms with Gasteiger partial charge < -0.3 is 5.73 Å². The van der Waals surface area contributed by atoms with E-state index in [4.69, 9.17) is 17.3 Å². The van der Waals surface area contributed by atoms with Crippen LogP contribution in [0.5, 0.6) is 0 Å². The Kier molecular flexibility index (Phi) is 5.10. The number of rotatable bonds is 2. The third-order valence-electron chi connectivity index (χ3n) is 3.50. The summed E-state index contributed by atoms with van der Waals surface area (Å²) in [6.07, 6.45) is 5.24. The first-order valence-corrected chi connectivity index (χ1v) is 6.08. The van der Waals surface area contributed by atoms with Gasteiger partial charge in [0.15, 0.2) is 0 Å². The van der Waals surface area contributed by atoms with Crippen LogP contribution in [0.4, 0.5) is 0 Å². The minimum Gasteiger partial charge on any atom is -0.324 e. The summed E-state index contributed by atoms with van der Waals surface area (Å²) in [4.78, 5) is 0. The Hall–Kier alpha value is -0.240. The maximum atomic E-state index is 6.31. The second-order valence-electron chi connectivity index (χ2n) is 4.57. The van der Waals surface area contributed by atoms with Crippen molar-refractivity contribution in [2.45, 2.75) is 38.6 Å². The Morgan fingerprint density at radius 3 is 2.50 bits per heavy atom. The van der Waals surface area contributed by atoms with E-state index in [1.54, 1.807) is 0 Å². The van der Waals surface area contributed by atoms with Crippen molar-refractivity contribution in [2.75, 3.05) is 0 Å². The zero-order valence-electron chi connectivity index (χ0n) is 9.58. The van der Waals surface area contributed by atoms with Crippen LogP contribution in [0.15, 0.2) is 18.2 Å². The van der Waals surface area contributed by atoms with Crippen molar-refractivity contribution in [1.29, 1.82) is 0 Å². The van der Waals surface area contributed by atoms with Gasteiger partial charge in [-0.2, -0.15) is 0 Å². The van der Waals surface area contributed by atoms with Crippen LogP contribution >= 0.6 is 24.0 Å². The molecule has 16 heavy (non-hydrogen) atoms. The molecule has 1 atom stereocenters. The van der Waals surface area contributed by atoms with Gasteiger partial charge in [0.25, 0.3) is 0 Å². The summed E-state index contributed by atoms with van der Waals surface area (Å²) in [6, 6.07) is 6.23. The molecule has 1 aromatic carbocycles. The summed E-state index contributed by atoms with van der Waals surface area (Å²) >= 11 is 5.94. The van der Waals surface area contributed by atoms with E-state index in [0.29, 0.717) is 5.92 Å². The molecule has 0 bridgehead atoms. The second-order valence-corrected chi connectivity index (χ2v) is 5.01. The molecule has 1 nitrogen and oxygen atoms in total. The maximum Gasteiger partial charge on any atom is 0.0408 e. The van der Waals surface area contributed by atoms with Gasteiger partial charge in [0, 0.05) is 11.1 Å². The molecule has 1 fully saturated rings. The van der Waals surface area contributed by atoms with Crippen LogP contribution in [0.25, 0.3) is 0 Å². The van der Waals surface area contributed by atoms with Crippen LogP contribution in [0.2, 0.25) is 5.02 Å². The highest BCUT2D eigenvalue weighted by Crippen LogP contribution is 2.35. The van der Waals surface area contributed by atoms with Crippen LogP contribution in [-0.2, 0) is 0 Å². The molecule has 0 saturated heterocycles. The van der Waals surface area contributed by atoms with Gasteiger partial charge in [0.1, 0.15) is 0 Å². The highest BCUT2D eigenvalue weighted by molar-refractivity contribution is 6.30. The van der Waals surface area contributed by atoms with Gasteiger partial charge in [0.2, 0.25) is 0 Å². The van der Waals surface area contributed by atoms with E-state index < -0.39 is 0 Å². The van der Waals surface area contributed by atoms with E-state index in [-0.39, 0.29) is 18.4 Å². The molecular weight excluding hydrogens is 241 g/mol. The highest BCUT2D eigenvalue weighted by Gasteiger charge is 2.24. The summed E-state index contributed by atoms with van der Waals surface area (Å²) in [7, 11) is 0. The van der Waals surface area contributed by atoms with Gasteiger partial charge in [-0.05, 0) is 48.9 Å². The van der Waals surface area contributed by atoms with Crippen LogP contribution in [-0.4, -0.2) is 0 Å². The fourth-order valence-electron chi connectivity index (χ4n) is 2.58. The first-order valence-electron chi connectivity index (χ1n) is 5.70. The zero-order chi connectivity index (χ0) is 10.8. The molecule has 0 spiro atoms. The molecule has 90 valence electrons. The molecule has 1 aliphatic rings. The number of hydrogen-bond acceptors (Lipinski definition) is 1. The van der Waals surface area contributed by atoms with Gasteiger partial charge in [-0.15, -0.1) is 12.4 Å². The van der Waals surface area contributed by atoms with E-state index in [2.05, 4.69) is 13.0 Å². The average molecular weight is 260 g/mol. The normalized spacial score (nSPS) is 18.2. The molecule has 0 heterocycles. The van der Waals surface area contributed by atoms with Gasteiger partial charge in [-0.3, -0.25) is 0 Å². The Balaban J connectivity index is 0.00000128. The van der Waals surface area contributed by atoms with Crippen molar-refractivity contribution < 1.29 is 0 Å². The molecular formula is C13H19Cl2N. The molecule has 1 saturated carbocycles. The van der Waals surface area contributed by atoms with E-state index in [0.717, 1.165) is 5.02 Å². The Labute approximate surface area is 109 Å². The van der Waals surface area contributed by atoms with Crippen molar-refractivity contribution in [3.8, 4) is 0 Å². The van der Waals surface area contributed by atoms with Crippen molar-refractivity contribution in [1.82, 2.24) is 0 Å². The van der Waals surface area contributed by atoms with Gasteiger partial charge >= 0.3 is 0 Å². The predicted octanol–water partition coefficient (Wildman–Crippen LogP) is 4.26. The minimum atomic E-state index is 0. The van der Waals surface area contributed by atoms with Crippen molar-refractivity contribution in [3.05, 3.63) is 34.3 Å². The molecule has 0 amide bonds. The van der Waals surface area contributed by atoms with Crippen molar-refractivity contribution in [2.24, 2.45) is 11.7 Å². The van der Waals surface area contributed by atoms with Crippen molar-refractivity contribution >= 4 is 24.0 Å². The molecule has 2 N–H and O–H groups in total. The standard InChI is InChI=1S/C13H18ClN.ClH/c1-9-8-11(14)6-7-12(9)13(15)10-4-2-3-5-10;/h6-8,10,13H,2-5,15H2,1H3;1H/t13-;/m1./s1. The lowest BCUT2D eigenvalue weighted by Crippen LogP contribution is -2.20. The molecule has 0 radical (unpaired) electrons. The lowest BCUT2D eigenvalue weighted by Gasteiger charge is -2.21. The summed E-state index contributed by atoms with van der Waals surface area (Å²) in [5.74, 6) is 0.671. The Bertz CT molecular complexity index is 346. The molecule has 2 rings (SSSR count). The van der Waals surface area contributed by atoms with Crippen LogP contribution < -0.4 is 5.73 Å². The highest BCUT2D eigenvalue weighted by atomic mass is 35.5. The van der Waals surface area contributed by atoms with Gasteiger partial charge in [0.05, 0.1) is 0 Å². The van der Waals surface area contributed by atoms with Crippen LogP contribution in [0.3, 0.4) is 0 Å². The van der Waals surface area contributed by atoms with Crippen molar-refractivity contribution in [3.63, 3.8) is 0 Å². The summed E-state index contributed by atoms with van der Waals surface area (Å²) in [5, 5.41) is 0.801. The van der Waals surface area contributed by atoms with E-state index in [9.17, 15) is 0 Å². The Morgan fingerprint density at radius 1 is 1.31 bits per heavy atom. The number of halogens is 2. The molecule has 0 aromatic heterocycles. The summed E-state index contributed by atoms with van der Waals surface area (Å²) in [6.45, 7) is 2.09. The minimum absolute atomic E-state index is 0. The molecule has 0 aliphatic heterocycles. The van der Waals surface area contributed by atoms with Gasteiger partial charge in [-0.25, -0.2) is 0 Å². The fourth-order valence-corrected chi connectivity index (χ4v) is 2.81. The quantitative estimate of drug-likeness (QED) is 0.844. The monoisotopic (exact) mass is 259 g/mol. The topological polar surface area (TPSA) is 26.0 Å². The first kappa shape index (κ1) is 13.8. The molecule has 3 heteroatoms. The molecule has 1 aromatic rings. The Morgan fingerprint density at radius 2 is 1.94 bits per heavy atom. The number of nitrogens with two attached hydrogens (primary N) is 1. The lowest BCUT2D eigenvalue weighted by atomic mass is 9.90. The second kappa shape index (κ2) is 5.90. The van der Waals surface area contributed by atoms with Crippen LogP contribution in [0, 0.1) is 12.8 Å². The summed E-state index contributed by atoms with van der Waals surface area (Å²) in [5.41, 5.74) is 8.80. The molecule has 1 aliphatic carbocycles.